The predicted molar refractivity (Wildman–Crippen MR) is 59.4 cm³/mol. The van der Waals surface area contributed by atoms with E-state index in [0.717, 1.165) is 25.5 Å². The van der Waals surface area contributed by atoms with Crippen molar-refractivity contribution in [2.75, 3.05) is 6.54 Å². The second kappa shape index (κ2) is 7.44. The second-order valence-corrected chi connectivity index (χ2v) is 3.24. The van der Waals surface area contributed by atoms with Crippen LogP contribution in [0.1, 0.15) is 26.7 Å². The smallest absolute Gasteiger partial charge is 0.407 e. The monoisotopic (exact) mass is 228 g/mol. The highest BCUT2D eigenvalue weighted by atomic mass is 16.6. The van der Waals surface area contributed by atoms with Gasteiger partial charge < -0.3 is 10.4 Å². The largest absolute Gasteiger partial charge is 0.473 e. The lowest BCUT2D eigenvalue weighted by molar-refractivity contribution is -0.420. The Morgan fingerprint density at radius 2 is 2.12 bits per heavy atom. The molecule has 0 saturated heterocycles. The van der Waals surface area contributed by atoms with Crippen molar-refractivity contribution in [3.05, 3.63) is 33.7 Å². The van der Waals surface area contributed by atoms with E-state index in [9.17, 15) is 14.9 Å². The number of unbranched alkanes of at least 4 members (excludes halogenated alkanes) is 1. The molecule has 0 aliphatic heterocycles. The summed E-state index contributed by atoms with van der Waals surface area (Å²) in [7, 11) is 0. The number of hydrogen-bond acceptors (Lipinski definition) is 4. The molecule has 0 unspecified atom stereocenters. The van der Waals surface area contributed by atoms with Gasteiger partial charge in [0.05, 0.1) is 4.92 Å². The molecule has 16 heavy (non-hydrogen) atoms. The van der Waals surface area contributed by atoms with Crippen LogP contribution in [0.3, 0.4) is 0 Å². The molecule has 0 aliphatic rings. The van der Waals surface area contributed by atoms with Gasteiger partial charge in [-0.25, -0.2) is 4.79 Å². The van der Waals surface area contributed by atoms with Crippen molar-refractivity contribution in [3.63, 3.8) is 0 Å². The van der Waals surface area contributed by atoms with Crippen LogP contribution in [0.15, 0.2) is 23.5 Å². The predicted octanol–water partition coefficient (Wildman–Crippen LogP) is 1.53. The summed E-state index contributed by atoms with van der Waals surface area (Å²) in [6.07, 6.45) is 4.42. The molecule has 2 N–H and O–H groups in total. The fourth-order valence-electron chi connectivity index (χ4n) is 0.935. The lowest BCUT2D eigenvalue weighted by Gasteiger charge is -2.03. The number of carboxylic acid groups (broad SMARTS) is 1. The maximum atomic E-state index is 10.5. The third-order valence-corrected chi connectivity index (χ3v) is 1.84. The molecular formula is C10H16N2O4. The molecule has 0 saturated carbocycles. The molecule has 0 aromatic rings. The van der Waals surface area contributed by atoms with Gasteiger partial charge in [0.25, 0.3) is 0 Å². The van der Waals surface area contributed by atoms with Crippen LogP contribution in [-0.2, 0) is 4.79 Å². The highest BCUT2D eigenvalue weighted by molar-refractivity contribution is 5.84. The first-order valence-corrected chi connectivity index (χ1v) is 4.99. The maximum Gasteiger partial charge on any atom is 0.407 e. The van der Waals surface area contributed by atoms with E-state index < -0.39 is 16.6 Å². The van der Waals surface area contributed by atoms with Crippen molar-refractivity contribution in [1.82, 2.24) is 5.32 Å². The topological polar surface area (TPSA) is 92.5 Å². The molecule has 0 atom stereocenters. The minimum atomic E-state index is -1.54. The number of carboxylic acids is 1. The number of nitrogens with one attached hydrogen (secondary N) is 1. The SMILES string of the molecule is CCCCNC(C)=CC=C(C(=O)O)[N+](=O)[O-]. The van der Waals surface area contributed by atoms with E-state index in [1.165, 1.54) is 6.08 Å². The van der Waals surface area contributed by atoms with Gasteiger partial charge in [0.1, 0.15) is 0 Å². The fourth-order valence-corrected chi connectivity index (χ4v) is 0.935. The van der Waals surface area contributed by atoms with Gasteiger partial charge >= 0.3 is 11.7 Å². The minimum Gasteiger partial charge on any atom is -0.473 e. The van der Waals surface area contributed by atoms with Crippen LogP contribution in [0, 0.1) is 10.1 Å². The van der Waals surface area contributed by atoms with E-state index in [4.69, 9.17) is 5.11 Å². The van der Waals surface area contributed by atoms with Crippen LogP contribution in [0.2, 0.25) is 0 Å². The molecular weight excluding hydrogens is 212 g/mol. The van der Waals surface area contributed by atoms with Gasteiger partial charge in [0.2, 0.25) is 0 Å². The van der Waals surface area contributed by atoms with Crippen molar-refractivity contribution in [2.24, 2.45) is 0 Å². The van der Waals surface area contributed by atoms with Crippen LogP contribution in [0.25, 0.3) is 0 Å². The maximum absolute atomic E-state index is 10.5. The Morgan fingerprint density at radius 3 is 2.56 bits per heavy atom. The Balaban J connectivity index is 4.44. The Bertz CT molecular complexity index is 305. The second-order valence-electron chi connectivity index (χ2n) is 3.24. The summed E-state index contributed by atoms with van der Waals surface area (Å²) in [5, 5.41) is 21.8. The number of rotatable bonds is 7. The van der Waals surface area contributed by atoms with Crippen LogP contribution in [0.5, 0.6) is 0 Å². The summed E-state index contributed by atoms with van der Waals surface area (Å²) in [6, 6.07) is 0. The Kier molecular flexibility index (Phi) is 6.58. The van der Waals surface area contributed by atoms with Crippen LogP contribution < -0.4 is 5.32 Å². The van der Waals surface area contributed by atoms with Gasteiger partial charge in [0.15, 0.2) is 0 Å². The summed E-state index contributed by atoms with van der Waals surface area (Å²) in [6.45, 7) is 4.55. The number of hydrogen-bond donors (Lipinski definition) is 2. The van der Waals surface area contributed by atoms with Crippen molar-refractivity contribution in [1.29, 1.82) is 0 Å². The van der Waals surface area contributed by atoms with E-state index in [0.29, 0.717) is 5.70 Å². The normalized spacial score (nSPS) is 12.4. The van der Waals surface area contributed by atoms with Gasteiger partial charge in [-0.1, -0.05) is 13.3 Å². The number of nitro groups is 1. The van der Waals surface area contributed by atoms with Crippen molar-refractivity contribution < 1.29 is 14.8 Å². The van der Waals surface area contributed by atoms with Gasteiger partial charge in [-0.3, -0.25) is 10.1 Å². The lowest BCUT2D eigenvalue weighted by Crippen LogP contribution is -2.13. The molecule has 6 nitrogen and oxygen atoms in total. The number of allylic oxidation sites excluding steroid dienone is 3. The molecule has 0 rings (SSSR count). The Labute approximate surface area is 93.8 Å². The Morgan fingerprint density at radius 1 is 1.50 bits per heavy atom. The highest BCUT2D eigenvalue weighted by Gasteiger charge is 2.18. The van der Waals surface area contributed by atoms with Crippen LogP contribution in [-0.4, -0.2) is 22.5 Å². The summed E-state index contributed by atoms with van der Waals surface area (Å²) >= 11 is 0. The molecule has 0 amide bonds. The molecule has 6 heteroatoms. The lowest BCUT2D eigenvalue weighted by atomic mass is 10.3. The molecule has 0 spiro atoms. The molecule has 0 aromatic carbocycles. The molecule has 0 radical (unpaired) electrons. The highest BCUT2D eigenvalue weighted by Crippen LogP contribution is 1.98. The average Bonchev–Trinajstić information content (AvgIpc) is 2.17. The summed E-state index contributed by atoms with van der Waals surface area (Å²) in [4.78, 5) is 19.9. The van der Waals surface area contributed by atoms with E-state index in [-0.39, 0.29) is 0 Å². The molecule has 0 bridgehead atoms. The van der Waals surface area contributed by atoms with Crippen molar-refractivity contribution in [3.8, 4) is 0 Å². The quantitative estimate of drug-likeness (QED) is 0.226. The zero-order valence-corrected chi connectivity index (χ0v) is 9.40. The summed E-state index contributed by atoms with van der Waals surface area (Å²) < 4.78 is 0. The third-order valence-electron chi connectivity index (χ3n) is 1.84. The Hall–Kier alpha value is -1.85. The van der Waals surface area contributed by atoms with E-state index >= 15 is 0 Å². The zero-order valence-electron chi connectivity index (χ0n) is 9.40. The average molecular weight is 228 g/mol. The number of aliphatic carboxylic acids is 1. The van der Waals surface area contributed by atoms with Gasteiger partial charge in [0, 0.05) is 18.3 Å². The van der Waals surface area contributed by atoms with Crippen molar-refractivity contribution >= 4 is 5.97 Å². The third kappa shape index (κ3) is 5.79. The van der Waals surface area contributed by atoms with Crippen LogP contribution >= 0.6 is 0 Å². The number of nitrogens with zero attached hydrogens (tertiary/aromatic N) is 1. The molecule has 90 valence electrons. The van der Waals surface area contributed by atoms with Crippen LogP contribution in [0.4, 0.5) is 0 Å². The zero-order chi connectivity index (χ0) is 12.6. The summed E-state index contributed by atoms with van der Waals surface area (Å²) in [5.74, 6) is -1.54. The van der Waals surface area contributed by atoms with Gasteiger partial charge in [-0.05, 0) is 19.4 Å². The number of carbonyl (C=O) groups is 1. The molecule has 0 heterocycles. The molecule has 0 fully saturated rings. The fraction of sp³-hybridized carbons (Fsp3) is 0.500. The first-order chi connectivity index (χ1) is 7.49. The first-order valence-electron chi connectivity index (χ1n) is 4.99. The minimum absolute atomic E-state index is 0.703. The van der Waals surface area contributed by atoms with Gasteiger partial charge in [-0.15, -0.1) is 0 Å². The molecule has 0 aromatic heterocycles. The first kappa shape index (κ1) is 14.2. The van der Waals surface area contributed by atoms with E-state index in [1.807, 2.05) is 0 Å². The van der Waals surface area contributed by atoms with Crippen molar-refractivity contribution in [2.45, 2.75) is 26.7 Å². The van der Waals surface area contributed by atoms with Gasteiger partial charge in [-0.2, -0.15) is 0 Å². The standard InChI is InChI=1S/C10H16N2O4/c1-3-4-7-11-8(2)5-6-9(10(13)14)12(15)16/h5-6,11H,3-4,7H2,1-2H3,(H,13,14). The summed E-state index contributed by atoms with van der Waals surface area (Å²) in [5.41, 5.74) is -0.134. The molecule has 0 aliphatic carbocycles. The van der Waals surface area contributed by atoms with E-state index in [1.54, 1.807) is 6.92 Å². The van der Waals surface area contributed by atoms with E-state index in [2.05, 4.69) is 12.2 Å².